The van der Waals surface area contributed by atoms with Crippen LogP contribution in [0.3, 0.4) is 0 Å². The molecule has 1 amide bonds. The monoisotopic (exact) mass is 303 g/mol. The number of aryl methyl sites for hydroxylation is 1. The Bertz CT molecular complexity index is 550. The van der Waals surface area contributed by atoms with Crippen molar-refractivity contribution in [2.75, 3.05) is 13.1 Å². The summed E-state index contributed by atoms with van der Waals surface area (Å²) in [4.78, 5) is 15.7. The Balaban J connectivity index is 1.48. The molecule has 0 bridgehead atoms. The highest BCUT2D eigenvalue weighted by atomic mass is 32.1. The molecule has 3 rings (SSSR count). The second kappa shape index (κ2) is 6.89. The number of nitrogens with zero attached hydrogens (tertiary/aromatic N) is 3. The van der Waals surface area contributed by atoms with Crippen molar-refractivity contribution < 1.29 is 4.79 Å². The normalized spacial score (nSPS) is 18.9. The minimum atomic E-state index is 0.295. The maximum absolute atomic E-state index is 12.3. The maximum Gasteiger partial charge on any atom is 0.222 e. The van der Waals surface area contributed by atoms with Crippen molar-refractivity contribution >= 4 is 17.2 Å². The molecule has 0 radical (unpaired) electrons. The van der Waals surface area contributed by atoms with E-state index in [-0.39, 0.29) is 0 Å². The van der Waals surface area contributed by atoms with Gasteiger partial charge in [0.25, 0.3) is 0 Å². The third-order valence-electron chi connectivity index (χ3n) is 4.04. The minimum Gasteiger partial charge on any atom is -0.341 e. The lowest BCUT2D eigenvalue weighted by Crippen LogP contribution is -2.40. The van der Waals surface area contributed by atoms with Crippen molar-refractivity contribution in [3.8, 4) is 0 Å². The molecule has 1 aliphatic rings. The van der Waals surface area contributed by atoms with Gasteiger partial charge in [-0.2, -0.15) is 5.10 Å². The summed E-state index contributed by atoms with van der Waals surface area (Å²) in [5.74, 6) is 0.295. The Kier molecular flexibility index (Phi) is 4.70. The lowest BCUT2D eigenvalue weighted by molar-refractivity contribution is -0.133. The summed E-state index contributed by atoms with van der Waals surface area (Å²) in [6.45, 7) is 1.70. The summed E-state index contributed by atoms with van der Waals surface area (Å²) in [6, 6.07) is 6.50. The van der Waals surface area contributed by atoms with Crippen LogP contribution >= 0.6 is 11.3 Å². The summed E-state index contributed by atoms with van der Waals surface area (Å²) in [5, 5.41) is 6.40. The van der Waals surface area contributed by atoms with Crippen LogP contribution < -0.4 is 0 Å². The molecule has 3 heterocycles. The molecule has 2 aromatic rings. The first-order valence-corrected chi connectivity index (χ1v) is 8.50. The van der Waals surface area contributed by atoms with Gasteiger partial charge in [-0.3, -0.25) is 9.48 Å². The van der Waals surface area contributed by atoms with Gasteiger partial charge in [0.1, 0.15) is 0 Å². The fourth-order valence-corrected chi connectivity index (χ4v) is 3.67. The Morgan fingerprint density at radius 2 is 2.38 bits per heavy atom. The van der Waals surface area contributed by atoms with Crippen molar-refractivity contribution in [1.29, 1.82) is 0 Å². The standard InChI is InChI=1S/C16H21N3OS/c20-16(8-1-6-15-7-3-12-21-15)18-10-2-5-14(13-18)19-11-4-9-17-19/h3-4,7,9,11-12,14H,1-2,5-6,8,10,13H2. The van der Waals surface area contributed by atoms with Gasteiger partial charge in [-0.1, -0.05) is 6.07 Å². The number of carbonyl (C=O) groups excluding carboxylic acids is 1. The molecule has 1 aliphatic heterocycles. The van der Waals surface area contributed by atoms with Crippen LogP contribution in [0.5, 0.6) is 0 Å². The third-order valence-corrected chi connectivity index (χ3v) is 4.98. The zero-order chi connectivity index (χ0) is 14.5. The van der Waals surface area contributed by atoms with Crippen LogP contribution in [0.4, 0.5) is 0 Å². The number of hydrogen-bond donors (Lipinski definition) is 0. The molecule has 0 N–H and O–H groups in total. The van der Waals surface area contributed by atoms with E-state index in [0.717, 1.165) is 38.8 Å². The van der Waals surface area contributed by atoms with E-state index >= 15 is 0 Å². The average Bonchev–Trinajstić information content (AvgIpc) is 3.21. The molecular formula is C16H21N3OS. The van der Waals surface area contributed by atoms with Crippen molar-refractivity contribution in [2.24, 2.45) is 0 Å². The highest BCUT2D eigenvalue weighted by molar-refractivity contribution is 7.09. The Hall–Kier alpha value is -1.62. The van der Waals surface area contributed by atoms with Crippen LogP contribution in [0.2, 0.25) is 0 Å². The fourth-order valence-electron chi connectivity index (χ4n) is 2.92. The number of aromatic nitrogens is 2. The second-order valence-corrected chi connectivity index (χ2v) is 6.59. The lowest BCUT2D eigenvalue weighted by Gasteiger charge is -2.33. The summed E-state index contributed by atoms with van der Waals surface area (Å²) in [7, 11) is 0. The first-order chi connectivity index (χ1) is 10.3. The average molecular weight is 303 g/mol. The molecule has 21 heavy (non-hydrogen) atoms. The SMILES string of the molecule is O=C(CCCc1cccs1)N1CCCC(n2cccn2)C1. The largest absolute Gasteiger partial charge is 0.341 e. The van der Waals surface area contributed by atoms with E-state index in [1.165, 1.54) is 4.88 Å². The highest BCUT2D eigenvalue weighted by Gasteiger charge is 2.24. The number of thiophene rings is 1. The van der Waals surface area contributed by atoms with Gasteiger partial charge < -0.3 is 4.90 Å². The smallest absolute Gasteiger partial charge is 0.222 e. The molecule has 0 aliphatic carbocycles. The number of hydrogen-bond acceptors (Lipinski definition) is 3. The van der Waals surface area contributed by atoms with Gasteiger partial charge in [0.15, 0.2) is 0 Å². The highest BCUT2D eigenvalue weighted by Crippen LogP contribution is 2.21. The number of likely N-dealkylation sites (tertiary alicyclic amines) is 1. The second-order valence-electron chi connectivity index (χ2n) is 5.55. The molecule has 5 heteroatoms. The summed E-state index contributed by atoms with van der Waals surface area (Å²) >= 11 is 1.77. The van der Waals surface area contributed by atoms with Gasteiger partial charge in [-0.25, -0.2) is 0 Å². The first-order valence-electron chi connectivity index (χ1n) is 7.62. The van der Waals surface area contributed by atoms with E-state index in [1.807, 2.05) is 28.0 Å². The predicted octanol–water partition coefficient (Wildman–Crippen LogP) is 3.13. The third kappa shape index (κ3) is 3.73. The minimum absolute atomic E-state index is 0.295. The molecule has 1 unspecified atom stereocenters. The van der Waals surface area contributed by atoms with Gasteiger partial charge in [-0.05, 0) is 43.2 Å². The van der Waals surface area contributed by atoms with Crippen molar-refractivity contribution in [2.45, 2.75) is 38.1 Å². The molecule has 2 aromatic heterocycles. The summed E-state index contributed by atoms with van der Waals surface area (Å²) in [5.41, 5.74) is 0. The zero-order valence-electron chi connectivity index (χ0n) is 12.1. The van der Waals surface area contributed by atoms with Crippen LogP contribution in [0, 0.1) is 0 Å². The number of carbonyl (C=O) groups is 1. The lowest BCUT2D eigenvalue weighted by atomic mass is 10.0. The molecule has 1 atom stereocenters. The van der Waals surface area contributed by atoms with E-state index in [0.29, 0.717) is 18.4 Å². The maximum atomic E-state index is 12.3. The Morgan fingerprint density at radius 3 is 3.14 bits per heavy atom. The van der Waals surface area contributed by atoms with Gasteiger partial charge in [0.05, 0.1) is 6.04 Å². The zero-order valence-corrected chi connectivity index (χ0v) is 13.0. The molecule has 4 nitrogen and oxygen atoms in total. The summed E-state index contributed by atoms with van der Waals surface area (Å²) in [6.07, 6.45) is 8.60. The van der Waals surface area contributed by atoms with E-state index < -0.39 is 0 Å². The van der Waals surface area contributed by atoms with Crippen molar-refractivity contribution in [3.05, 3.63) is 40.8 Å². The molecule has 1 saturated heterocycles. The van der Waals surface area contributed by atoms with Crippen LogP contribution in [0.25, 0.3) is 0 Å². The quantitative estimate of drug-likeness (QED) is 0.851. The van der Waals surface area contributed by atoms with Crippen LogP contribution in [0.15, 0.2) is 36.0 Å². The molecule has 0 saturated carbocycles. The van der Waals surface area contributed by atoms with Crippen LogP contribution in [-0.4, -0.2) is 33.7 Å². The van der Waals surface area contributed by atoms with Gasteiger partial charge in [-0.15, -0.1) is 11.3 Å². The van der Waals surface area contributed by atoms with E-state index in [1.54, 1.807) is 11.3 Å². The molecule has 1 fully saturated rings. The van der Waals surface area contributed by atoms with Crippen LogP contribution in [-0.2, 0) is 11.2 Å². The van der Waals surface area contributed by atoms with Crippen molar-refractivity contribution in [1.82, 2.24) is 14.7 Å². The van der Waals surface area contributed by atoms with Gasteiger partial charge >= 0.3 is 0 Å². The van der Waals surface area contributed by atoms with E-state index in [9.17, 15) is 4.79 Å². The van der Waals surface area contributed by atoms with E-state index in [4.69, 9.17) is 0 Å². The molecule has 0 spiro atoms. The van der Waals surface area contributed by atoms with Gasteiger partial charge in [0, 0.05) is 36.8 Å². The molecule has 0 aromatic carbocycles. The number of piperidine rings is 1. The molecular weight excluding hydrogens is 282 g/mol. The predicted molar refractivity (Wildman–Crippen MR) is 84.3 cm³/mol. The topological polar surface area (TPSA) is 38.1 Å². The number of rotatable bonds is 5. The van der Waals surface area contributed by atoms with Crippen LogP contribution in [0.1, 0.15) is 36.6 Å². The van der Waals surface area contributed by atoms with Crippen molar-refractivity contribution in [3.63, 3.8) is 0 Å². The van der Waals surface area contributed by atoms with E-state index in [2.05, 4.69) is 22.6 Å². The first kappa shape index (κ1) is 14.3. The number of amides is 1. The fraction of sp³-hybridized carbons (Fsp3) is 0.500. The Morgan fingerprint density at radius 1 is 1.43 bits per heavy atom. The van der Waals surface area contributed by atoms with Gasteiger partial charge in [0.2, 0.25) is 5.91 Å². The molecule has 112 valence electrons. The summed E-state index contributed by atoms with van der Waals surface area (Å²) < 4.78 is 1.99. The Labute approximate surface area is 129 Å².